The Bertz CT molecular complexity index is 491. The van der Waals surface area contributed by atoms with Crippen LogP contribution in [0, 0.1) is 10.7 Å². The van der Waals surface area contributed by atoms with Gasteiger partial charge in [-0.05, 0) is 12.5 Å². The van der Waals surface area contributed by atoms with E-state index in [9.17, 15) is 0 Å². The summed E-state index contributed by atoms with van der Waals surface area (Å²) >= 11 is 4.68. The molecule has 0 unspecified atom stereocenters. The van der Waals surface area contributed by atoms with E-state index in [0.717, 1.165) is 20.0 Å². The van der Waals surface area contributed by atoms with Crippen molar-refractivity contribution in [2.75, 3.05) is 0 Å². The quantitative estimate of drug-likeness (QED) is 0.403. The summed E-state index contributed by atoms with van der Waals surface area (Å²) in [6, 6.07) is 0. The van der Waals surface area contributed by atoms with E-state index in [2.05, 4.69) is 9.97 Å². The molecule has 0 radical (unpaired) electrons. The van der Waals surface area contributed by atoms with Crippen LogP contribution in [0.2, 0.25) is 0 Å². The van der Waals surface area contributed by atoms with Gasteiger partial charge >= 0.3 is 35.3 Å². The number of hydrogen-bond acceptors (Lipinski definition) is 7. The summed E-state index contributed by atoms with van der Waals surface area (Å²) in [6.45, 7) is 2.03. The number of halogens is 2. The third-order valence-corrected chi connectivity index (χ3v) is 4.99. The Hall–Kier alpha value is 0.538. The Morgan fingerprint density at radius 1 is 1.22 bits per heavy atom. The van der Waals surface area contributed by atoms with Crippen LogP contribution < -0.4 is 12.3 Å². The van der Waals surface area contributed by atoms with Gasteiger partial charge in [0.1, 0.15) is 3.82 Å². The molecule has 0 spiro atoms. The van der Waals surface area contributed by atoms with Crippen molar-refractivity contribution in [3.8, 4) is 10.6 Å². The SMILES string of the molecule is Cc1c(-c2cnccn2)ssc1=S.N.N.[Cl][Pt][Cl]. The Morgan fingerprint density at radius 2 is 1.83 bits per heavy atom. The van der Waals surface area contributed by atoms with E-state index in [1.807, 2.05) is 6.92 Å². The number of hydrogen-bond donors (Lipinski definition) is 2. The molecule has 4 nitrogen and oxygen atoms in total. The van der Waals surface area contributed by atoms with Crippen LogP contribution in [0.4, 0.5) is 0 Å². The zero-order valence-corrected chi connectivity index (χ0v) is 15.6. The molecule has 0 aliphatic carbocycles. The summed E-state index contributed by atoms with van der Waals surface area (Å²) in [5.41, 5.74) is 2.06. The van der Waals surface area contributed by atoms with Crippen molar-refractivity contribution in [3.05, 3.63) is 28.0 Å². The van der Waals surface area contributed by atoms with Gasteiger partial charge in [-0.1, -0.05) is 32.9 Å². The molecule has 0 atom stereocenters. The molecule has 2 rings (SSSR count). The van der Waals surface area contributed by atoms with E-state index in [0.29, 0.717) is 0 Å². The van der Waals surface area contributed by atoms with E-state index >= 15 is 0 Å². The van der Waals surface area contributed by atoms with Gasteiger partial charge in [-0.15, -0.1) is 0 Å². The van der Waals surface area contributed by atoms with Crippen LogP contribution in [0.15, 0.2) is 18.6 Å². The Labute approximate surface area is 135 Å². The zero-order chi connectivity index (χ0) is 12.0. The topological polar surface area (TPSA) is 95.8 Å². The first-order valence-corrected chi connectivity index (χ1v) is 12.1. The first-order valence-electron chi connectivity index (χ1n) is 3.89. The van der Waals surface area contributed by atoms with Gasteiger partial charge < -0.3 is 12.3 Å². The Morgan fingerprint density at radius 3 is 2.22 bits per heavy atom. The maximum absolute atomic E-state index is 5.15. The molecule has 0 fully saturated rings. The molecule has 2 aromatic rings. The van der Waals surface area contributed by atoms with Crippen LogP contribution >= 0.6 is 51.7 Å². The van der Waals surface area contributed by atoms with E-state index in [4.69, 9.17) is 31.1 Å². The fourth-order valence-corrected chi connectivity index (χ4v) is 3.77. The first-order chi connectivity index (χ1) is 7.70. The molecule has 0 saturated heterocycles. The maximum atomic E-state index is 5.15. The Balaban J connectivity index is 0. The summed E-state index contributed by atoms with van der Waals surface area (Å²) in [5.74, 6) is 0. The summed E-state index contributed by atoms with van der Waals surface area (Å²) < 4.78 is 0.950. The normalized spacial score (nSPS) is 8.61. The Kier molecular flexibility index (Phi) is 13.2. The number of aromatic nitrogens is 2. The van der Waals surface area contributed by atoms with Crippen molar-refractivity contribution in [1.29, 1.82) is 0 Å². The van der Waals surface area contributed by atoms with Gasteiger partial charge in [-0.2, -0.15) is 0 Å². The summed E-state index contributed by atoms with van der Waals surface area (Å²) in [6.07, 6.45) is 5.13. The third-order valence-electron chi connectivity index (χ3n) is 1.64. The molecule has 0 aromatic carbocycles. The van der Waals surface area contributed by atoms with Crippen molar-refractivity contribution in [2.45, 2.75) is 6.92 Å². The number of nitrogens with zero attached hydrogens (tertiary/aromatic N) is 2. The predicted octanol–water partition coefficient (Wildman–Crippen LogP) is 5.01. The van der Waals surface area contributed by atoms with Crippen molar-refractivity contribution in [2.24, 2.45) is 0 Å². The second-order valence-electron chi connectivity index (χ2n) is 2.54. The van der Waals surface area contributed by atoms with E-state index < -0.39 is 16.5 Å². The number of rotatable bonds is 1. The monoisotopic (exact) mass is 525 g/mol. The van der Waals surface area contributed by atoms with Gasteiger partial charge in [-0.25, -0.2) is 0 Å². The molecule has 2 heterocycles. The fourth-order valence-electron chi connectivity index (χ4n) is 0.948. The molecule has 106 valence electrons. The second kappa shape index (κ2) is 11.4. The molecular formula is C8H12Cl2N4PtS3. The van der Waals surface area contributed by atoms with Gasteiger partial charge in [-0.3, -0.25) is 9.97 Å². The molecular weight excluding hydrogens is 514 g/mol. The fraction of sp³-hybridized carbons (Fsp3) is 0.125. The summed E-state index contributed by atoms with van der Waals surface area (Å²) in [7, 11) is 13.0. The van der Waals surface area contributed by atoms with Crippen molar-refractivity contribution >= 4 is 51.7 Å². The van der Waals surface area contributed by atoms with E-state index in [1.54, 1.807) is 39.3 Å². The van der Waals surface area contributed by atoms with Gasteiger partial charge in [0.05, 0.1) is 16.8 Å². The first kappa shape index (κ1) is 20.8. The average molecular weight is 526 g/mol. The van der Waals surface area contributed by atoms with Gasteiger partial charge in [0.2, 0.25) is 0 Å². The molecule has 0 aliphatic rings. The van der Waals surface area contributed by atoms with Crippen LogP contribution in [-0.4, -0.2) is 9.97 Å². The van der Waals surface area contributed by atoms with Crippen LogP contribution in [-0.2, 0) is 16.5 Å². The summed E-state index contributed by atoms with van der Waals surface area (Å²) in [4.78, 5) is 9.40. The molecule has 2 aromatic heterocycles. The van der Waals surface area contributed by atoms with Gasteiger partial charge in [0.25, 0.3) is 0 Å². The third kappa shape index (κ3) is 6.12. The van der Waals surface area contributed by atoms with Crippen LogP contribution in [0.3, 0.4) is 0 Å². The molecule has 0 amide bonds. The van der Waals surface area contributed by atoms with Gasteiger partial charge in [0.15, 0.2) is 0 Å². The second-order valence-corrected chi connectivity index (χ2v) is 8.64. The van der Waals surface area contributed by atoms with Crippen molar-refractivity contribution in [3.63, 3.8) is 0 Å². The van der Waals surface area contributed by atoms with E-state index in [1.165, 1.54) is 0 Å². The average Bonchev–Trinajstić information content (AvgIpc) is 2.62. The minimum absolute atomic E-state index is 0. The molecule has 0 saturated carbocycles. The predicted molar refractivity (Wildman–Crippen MR) is 80.5 cm³/mol. The van der Waals surface area contributed by atoms with Crippen LogP contribution in [0.5, 0.6) is 0 Å². The van der Waals surface area contributed by atoms with Crippen LogP contribution in [0.25, 0.3) is 10.6 Å². The molecule has 0 bridgehead atoms. The molecule has 0 aliphatic heterocycles. The molecule has 6 N–H and O–H groups in total. The van der Waals surface area contributed by atoms with Crippen molar-refractivity contribution in [1.82, 2.24) is 22.3 Å². The minimum atomic E-state index is -0.472. The molecule has 18 heavy (non-hydrogen) atoms. The van der Waals surface area contributed by atoms with Crippen molar-refractivity contribution < 1.29 is 16.5 Å². The van der Waals surface area contributed by atoms with E-state index in [-0.39, 0.29) is 12.3 Å². The summed E-state index contributed by atoms with van der Waals surface area (Å²) in [5, 5.41) is 0. The van der Waals surface area contributed by atoms with Gasteiger partial charge in [0, 0.05) is 12.4 Å². The van der Waals surface area contributed by atoms with Crippen LogP contribution in [0.1, 0.15) is 5.56 Å². The molecule has 10 heteroatoms. The standard InChI is InChI=1S/C8H6N2S3.2ClH.2H3N.Pt/c1-5-7(12-13-8(5)11)6-4-9-2-3-10-6;;;;;/h2-4H,1H3;2*1H;2*1H3;/q;;;;;+2/p-2. The zero-order valence-electron chi connectivity index (χ0n) is 9.34.